The summed E-state index contributed by atoms with van der Waals surface area (Å²) in [6.45, 7) is 9.81. The maximum atomic E-state index is 12.3. The molecule has 0 aromatic rings. The third-order valence-electron chi connectivity index (χ3n) is 9.33. The van der Waals surface area contributed by atoms with Crippen molar-refractivity contribution in [2.24, 2.45) is 0 Å². The first-order valence-corrected chi connectivity index (χ1v) is 21.8. The number of hydrogen-bond donors (Lipinski definition) is 0. The lowest BCUT2D eigenvalue weighted by Gasteiger charge is -2.21. The van der Waals surface area contributed by atoms with Crippen LogP contribution in [0.2, 0.25) is 0 Å². The van der Waals surface area contributed by atoms with Gasteiger partial charge < -0.3 is 9.47 Å². The van der Waals surface area contributed by atoms with E-state index < -0.39 is 0 Å². The second kappa shape index (κ2) is 42.3. The Hall–Kier alpha value is -2.14. The maximum Gasteiger partial charge on any atom is 0.305 e. The largest absolute Gasteiger partial charge is 0.464 e. The summed E-state index contributed by atoms with van der Waals surface area (Å²) in [7, 11) is 0. The van der Waals surface area contributed by atoms with Gasteiger partial charge in [0.1, 0.15) is 13.2 Å². The second-order valence-electron chi connectivity index (χ2n) is 14.3. The first-order valence-electron chi connectivity index (χ1n) is 21.8. The molecule has 0 aliphatic heterocycles. The van der Waals surface area contributed by atoms with Crippen molar-refractivity contribution in [3.8, 4) is 0 Å². The number of nitrogens with zero attached hydrogens (tertiary/aromatic N) is 1. The zero-order chi connectivity index (χ0) is 37.1. The van der Waals surface area contributed by atoms with E-state index in [1.807, 2.05) is 0 Å². The van der Waals surface area contributed by atoms with E-state index in [0.29, 0.717) is 39.1 Å². The van der Waals surface area contributed by atoms with Gasteiger partial charge in [0.25, 0.3) is 0 Å². The average molecular weight is 714 g/mol. The Labute approximate surface area is 317 Å². The summed E-state index contributed by atoms with van der Waals surface area (Å²) < 4.78 is 11.1. The van der Waals surface area contributed by atoms with Gasteiger partial charge in [-0.05, 0) is 90.0 Å². The highest BCUT2D eigenvalue weighted by molar-refractivity contribution is 5.69. The molecule has 0 saturated carbocycles. The molecule has 0 aliphatic rings. The molecule has 0 spiro atoms. The first-order chi connectivity index (χ1) is 25.1. The van der Waals surface area contributed by atoms with Crippen molar-refractivity contribution in [1.29, 1.82) is 0 Å². The molecule has 0 saturated heterocycles. The van der Waals surface area contributed by atoms with Crippen LogP contribution in [-0.4, -0.2) is 49.7 Å². The molecule has 0 fully saturated rings. The predicted molar refractivity (Wildman–Crippen MR) is 221 cm³/mol. The average Bonchev–Trinajstić information content (AvgIpc) is 3.13. The lowest BCUT2D eigenvalue weighted by molar-refractivity contribution is -0.144. The molecule has 296 valence electrons. The third kappa shape index (κ3) is 40.5. The summed E-state index contributed by atoms with van der Waals surface area (Å²) >= 11 is 0. The van der Waals surface area contributed by atoms with Crippen LogP contribution >= 0.6 is 0 Å². The zero-order valence-corrected chi connectivity index (χ0v) is 34.0. The monoisotopic (exact) mass is 714 g/mol. The van der Waals surface area contributed by atoms with Crippen molar-refractivity contribution in [2.75, 3.05) is 32.8 Å². The van der Waals surface area contributed by atoms with Crippen molar-refractivity contribution in [3.63, 3.8) is 0 Å². The highest BCUT2D eigenvalue weighted by atomic mass is 16.5. The Balaban J connectivity index is 3.74. The van der Waals surface area contributed by atoms with E-state index in [0.717, 1.165) is 64.3 Å². The molecule has 0 unspecified atom stereocenters. The molecule has 0 atom stereocenters. The van der Waals surface area contributed by atoms with Crippen molar-refractivity contribution < 1.29 is 19.1 Å². The van der Waals surface area contributed by atoms with Crippen LogP contribution in [0.1, 0.15) is 201 Å². The van der Waals surface area contributed by atoms with E-state index in [-0.39, 0.29) is 11.9 Å². The normalized spacial score (nSPS) is 12.1. The summed E-state index contributed by atoms with van der Waals surface area (Å²) in [6, 6.07) is 0. The van der Waals surface area contributed by atoms with Crippen LogP contribution in [-0.2, 0) is 19.1 Å². The smallest absolute Gasteiger partial charge is 0.305 e. The molecule has 5 heteroatoms. The molecule has 0 rings (SSSR count). The standard InChI is InChI=1S/C46H83NO4/c1-4-7-10-12-14-16-18-20-22-23-25-27-29-31-33-35-37-39-46(49)51-44-42-47(40-9-6-3)41-43-50-45(48)38-36-34-32-30-28-26-24-21-19-17-15-13-11-8-5-2/h14-17,20-22,24H,4-13,18-19,23,25-44H2,1-3H3/b16-14-,17-15-,22-20-,24-21-. The Morgan fingerprint density at radius 3 is 1.10 bits per heavy atom. The number of allylic oxidation sites excluding steroid dienone is 8. The van der Waals surface area contributed by atoms with E-state index in [1.54, 1.807) is 0 Å². The van der Waals surface area contributed by atoms with E-state index in [1.165, 1.54) is 109 Å². The highest BCUT2D eigenvalue weighted by Crippen LogP contribution is 2.12. The molecule has 51 heavy (non-hydrogen) atoms. The SMILES string of the molecule is CCCCC/C=C\C/C=C\CCCCCCCCCC(=O)OCCN(CCCC)CCOC(=O)CCCCCCC/C=C\C/C=C\CCCCC. The molecular weight excluding hydrogens is 631 g/mol. The van der Waals surface area contributed by atoms with Gasteiger partial charge in [-0.15, -0.1) is 0 Å². The van der Waals surface area contributed by atoms with Crippen LogP contribution in [0.15, 0.2) is 48.6 Å². The fourth-order valence-corrected chi connectivity index (χ4v) is 5.95. The molecule has 0 bridgehead atoms. The number of carbonyl (C=O) groups excluding carboxylic acids is 2. The van der Waals surface area contributed by atoms with Gasteiger partial charge in [-0.2, -0.15) is 0 Å². The van der Waals surface area contributed by atoms with Gasteiger partial charge in [0, 0.05) is 25.9 Å². The molecule has 0 N–H and O–H groups in total. The number of unbranched alkanes of at least 4 members (excludes halogenated alkanes) is 19. The lowest BCUT2D eigenvalue weighted by atomic mass is 10.1. The van der Waals surface area contributed by atoms with Crippen molar-refractivity contribution in [3.05, 3.63) is 48.6 Å². The van der Waals surface area contributed by atoms with E-state index in [9.17, 15) is 9.59 Å². The van der Waals surface area contributed by atoms with Gasteiger partial charge in [0.2, 0.25) is 0 Å². The number of ether oxygens (including phenoxy) is 2. The summed E-state index contributed by atoms with van der Waals surface area (Å²) in [5.41, 5.74) is 0. The van der Waals surface area contributed by atoms with Crippen LogP contribution in [0.5, 0.6) is 0 Å². The molecular formula is C46H83NO4. The summed E-state index contributed by atoms with van der Waals surface area (Å²) in [4.78, 5) is 26.8. The van der Waals surface area contributed by atoms with Crippen LogP contribution in [0.25, 0.3) is 0 Å². The Kier molecular flexibility index (Phi) is 40.5. The fraction of sp³-hybridized carbons (Fsp3) is 0.783. The van der Waals surface area contributed by atoms with Crippen molar-refractivity contribution >= 4 is 11.9 Å². The maximum absolute atomic E-state index is 12.3. The quantitative estimate of drug-likeness (QED) is 0.0361. The van der Waals surface area contributed by atoms with Crippen molar-refractivity contribution in [2.45, 2.75) is 201 Å². The lowest BCUT2D eigenvalue weighted by Crippen LogP contribution is -2.33. The van der Waals surface area contributed by atoms with E-state index in [2.05, 4.69) is 74.3 Å². The Bertz CT molecular complexity index is 861. The summed E-state index contributed by atoms with van der Waals surface area (Å²) in [5, 5.41) is 0. The molecule has 0 aliphatic carbocycles. The van der Waals surface area contributed by atoms with Gasteiger partial charge in [0.05, 0.1) is 0 Å². The highest BCUT2D eigenvalue weighted by Gasteiger charge is 2.09. The Morgan fingerprint density at radius 1 is 0.392 bits per heavy atom. The molecule has 0 radical (unpaired) electrons. The van der Waals surface area contributed by atoms with Crippen LogP contribution in [0, 0.1) is 0 Å². The third-order valence-corrected chi connectivity index (χ3v) is 9.33. The topological polar surface area (TPSA) is 55.8 Å². The fourth-order valence-electron chi connectivity index (χ4n) is 5.95. The number of carbonyl (C=O) groups is 2. The molecule has 5 nitrogen and oxygen atoms in total. The van der Waals surface area contributed by atoms with Gasteiger partial charge in [-0.3, -0.25) is 14.5 Å². The van der Waals surface area contributed by atoms with Crippen LogP contribution < -0.4 is 0 Å². The summed E-state index contributed by atoms with van der Waals surface area (Å²) in [6.07, 6.45) is 50.4. The van der Waals surface area contributed by atoms with E-state index in [4.69, 9.17) is 9.47 Å². The molecule has 0 heterocycles. The minimum absolute atomic E-state index is 0.0863. The van der Waals surface area contributed by atoms with Gasteiger partial charge in [0.15, 0.2) is 0 Å². The zero-order valence-electron chi connectivity index (χ0n) is 34.0. The Morgan fingerprint density at radius 2 is 0.725 bits per heavy atom. The predicted octanol–water partition coefficient (Wildman–Crippen LogP) is 13.6. The van der Waals surface area contributed by atoms with Crippen molar-refractivity contribution in [1.82, 2.24) is 4.90 Å². The van der Waals surface area contributed by atoms with Gasteiger partial charge in [-0.1, -0.05) is 153 Å². The van der Waals surface area contributed by atoms with E-state index >= 15 is 0 Å². The minimum Gasteiger partial charge on any atom is -0.464 e. The molecule has 0 aromatic carbocycles. The van der Waals surface area contributed by atoms with Crippen LogP contribution in [0.3, 0.4) is 0 Å². The first kappa shape index (κ1) is 48.9. The number of rotatable bonds is 39. The number of esters is 2. The second-order valence-corrected chi connectivity index (χ2v) is 14.3. The summed E-state index contributed by atoms with van der Waals surface area (Å²) in [5.74, 6) is -0.177. The minimum atomic E-state index is -0.0911. The van der Waals surface area contributed by atoms with Gasteiger partial charge >= 0.3 is 11.9 Å². The number of hydrogen-bond acceptors (Lipinski definition) is 5. The molecule has 0 amide bonds. The molecule has 0 aromatic heterocycles. The van der Waals surface area contributed by atoms with Gasteiger partial charge in [-0.25, -0.2) is 0 Å². The van der Waals surface area contributed by atoms with Crippen LogP contribution in [0.4, 0.5) is 0 Å².